The molecule has 0 spiro atoms. The maximum Gasteiger partial charge on any atom is 0.322 e. The summed E-state index contributed by atoms with van der Waals surface area (Å²) in [6.45, 7) is 6.25. The first-order valence-electron chi connectivity index (χ1n) is 4.55. The Balaban J connectivity index is 3.50. The largest absolute Gasteiger partial charge is 0.480 e. The highest BCUT2D eigenvalue weighted by Crippen LogP contribution is 1.97. The summed E-state index contributed by atoms with van der Waals surface area (Å²) in [5, 5.41) is 13.7. The second-order valence-electron chi connectivity index (χ2n) is 4.10. The Hall–Kier alpha value is -1.10. The molecule has 0 atom stereocenters. The third-order valence-electron chi connectivity index (χ3n) is 1.44. The summed E-state index contributed by atoms with van der Waals surface area (Å²) in [7, 11) is 0. The fourth-order valence-electron chi connectivity index (χ4n) is 0.814. The number of amides is 1. The number of aliphatic carboxylic acids is 1. The van der Waals surface area contributed by atoms with Crippen LogP contribution in [0.25, 0.3) is 0 Å². The van der Waals surface area contributed by atoms with Crippen molar-refractivity contribution in [2.24, 2.45) is 0 Å². The third-order valence-corrected chi connectivity index (χ3v) is 1.44. The van der Waals surface area contributed by atoms with Crippen LogP contribution in [0.15, 0.2) is 0 Å². The zero-order valence-corrected chi connectivity index (χ0v) is 8.89. The fraction of sp³-hybridized carbons (Fsp3) is 0.778. The Labute approximate surface area is 83.9 Å². The van der Waals surface area contributed by atoms with E-state index in [1.54, 1.807) is 0 Å². The molecule has 0 heterocycles. The summed E-state index contributed by atoms with van der Waals surface area (Å²) in [6, 6.07) is 0. The van der Waals surface area contributed by atoms with Gasteiger partial charge in [-0.2, -0.15) is 0 Å². The number of hydrogen-bond acceptors (Lipinski definition) is 3. The average molecular weight is 202 g/mol. The van der Waals surface area contributed by atoms with Gasteiger partial charge in [0.2, 0.25) is 5.91 Å². The fourth-order valence-corrected chi connectivity index (χ4v) is 0.814. The van der Waals surface area contributed by atoms with Crippen LogP contribution in [-0.4, -0.2) is 35.6 Å². The molecule has 0 aromatic carbocycles. The molecule has 0 aromatic rings. The van der Waals surface area contributed by atoms with Crippen LogP contribution in [0.1, 0.15) is 27.2 Å². The lowest BCUT2D eigenvalue weighted by molar-refractivity contribution is -0.137. The van der Waals surface area contributed by atoms with Crippen molar-refractivity contribution in [3.05, 3.63) is 0 Å². The molecular weight excluding hydrogens is 184 g/mol. The zero-order valence-electron chi connectivity index (χ0n) is 8.89. The molecule has 1 amide bonds. The van der Waals surface area contributed by atoms with Crippen LogP contribution in [0.2, 0.25) is 0 Å². The minimum absolute atomic E-state index is 0.0208. The summed E-state index contributed by atoms with van der Waals surface area (Å²) in [4.78, 5) is 21.1. The van der Waals surface area contributed by atoms with Gasteiger partial charge in [0.1, 0.15) is 6.54 Å². The molecule has 0 saturated heterocycles. The monoisotopic (exact) mass is 202 g/mol. The predicted molar refractivity (Wildman–Crippen MR) is 53.0 cm³/mol. The molecule has 0 bridgehead atoms. The normalized spacial score (nSPS) is 11.1. The van der Waals surface area contributed by atoms with Crippen molar-refractivity contribution >= 4 is 11.9 Å². The summed E-state index contributed by atoms with van der Waals surface area (Å²) in [5.74, 6) is -1.27. The molecule has 5 heteroatoms. The van der Waals surface area contributed by atoms with Gasteiger partial charge in [0, 0.05) is 18.5 Å². The lowest BCUT2D eigenvalue weighted by Gasteiger charge is -2.20. The molecule has 0 aliphatic carbocycles. The Kier molecular flexibility index (Phi) is 5.15. The van der Waals surface area contributed by atoms with Gasteiger partial charge in [-0.25, -0.2) is 0 Å². The topological polar surface area (TPSA) is 78.4 Å². The second-order valence-corrected chi connectivity index (χ2v) is 4.10. The van der Waals surface area contributed by atoms with E-state index in [1.807, 2.05) is 20.8 Å². The zero-order chi connectivity index (χ0) is 11.2. The van der Waals surface area contributed by atoms with Crippen molar-refractivity contribution in [3.8, 4) is 0 Å². The number of carbonyl (C=O) groups excluding carboxylic acids is 1. The average Bonchev–Trinajstić information content (AvgIpc) is 1.98. The maximum absolute atomic E-state index is 11.0. The minimum Gasteiger partial charge on any atom is -0.480 e. The van der Waals surface area contributed by atoms with Crippen LogP contribution in [0.3, 0.4) is 0 Å². The van der Waals surface area contributed by atoms with Crippen molar-refractivity contribution in [2.45, 2.75) is 32.7 Å². The molecule has 0 saturated carbocycles. The first-order valence-corrected chi connectivity index (χ1v) is 4.55. The van der Waals surface area contributed by atoms with Crippen LogP contribution < -0.4 is 10.6 Å². The van der Waals surface area contributed by atoms with Gasteiger partial charge in [-0.15, -0.1) is 0 Å². The number of nitrogens with one attached hydrogen (secondary N) is 2. The number of hydrogen-bond donors (Lipinski definition) is 3. The molecule has 14 heavy (non-hydrogen) atoms. The van der Waals surface area contributed by atoms with Crippen LogP contribution in [0, 0.1) is 0 Å². The van der Waals surface area contributed by atoms with Crippen LogP contribution in [0.5, 0.6) is 0 Å². The standard InChI is InChI=1S/C9H18N2O3/c1-9(2,3)11-5-4-7(12)10-6-8(13)14/h11H,4-6H2,1-3H3,(H,10,12)(H,13,14). The van der Waals surface area contributed by atoms with Gasteiger partial charge in [-0.1, -0.05) is 0 Å². The van der Waals surface area contributed by atoms with E-state index in [1.165, 1.54) is 0 Å². The lowest BCUT2D eigenvalue weighted by atomic mass is 10.1. The first-order chi connectivity index (χ1) is 6.31. The van der Waals surface area contributed by atoms with Crippen molar-refractivity contribution in [3.63, 3.8) is 0 Å². The molecule has 5 nitrogen and oxygen atoms in total. The molecule has 0 radical (unpaired) electrons. The van der Waals surface area contributed by atoms with E-state index in [2.05, 4.69) is 10.6 Å². The molecule has 82 valence electrons. The Morgan fingerprint density at radius 1 is 1.29 bits per heavy atom. The van der Waals surface area contributed by atoms with Crippen molar-refractivity contribution in [1.82, 2.24) is 10.6 Å². The molecule has 0 aliphatic heterocycles. The number of rotatable bonds is 5. The number of carboxylic acids is 1. The summed E-state index contributed by atoms with van der Waals surface area (Å²) >= 11 is 0. The number of carbonyl (C=O) groups is 2. The summed E-state index contributed by atoms with van der Waals surface area (Å²) in [5.41, 5.74) is -0.0208. The quantitative estimate of drug-likeness (QED) is 0.585. The minimum atomic E-state index is -1.03. The van der Waals surface area contributed by atoms with E-state index < -0.39 is 5.97 Å². The Bertz CT molecular complexity index is 209. The van der Waals surface area contributed by atoms with Gasteiger partial charge in [-0.05, 0) is 20.8 Å². The van der Waals surface area contributed by atoms with Crippen LogP contribution in [-0.2, 0) is 9.59 Å². The van der Waals surface area contributed by atoms with Gasteiger partial charge < -0.3 is 15.7 Å². The second kappa shape index (κ2) is 5.59. The van der Waals surface area contributed by atoms with E-state index in [0.717, 1.165) is 0 Å². The molecule has 0 fully saturated rings. The highest BCUT2D eigenvalue weighted by molar-refractivity contribution is 5.81. The van der Waals surface area contributed by atoms with Crippen LogP contribution in [0.4, 0.5) is 0 Å². The van der Waals surface area contributed by atoms with E-state index in [0.29, 0.717) is 13.0 Å². The molecule has 3 N–H and O–H groups in total. The van der Waals surface area contributed by atoms with Gasteiger partial charge >= 0.3 is 5.97 Å². The summed E-state index contributed by atoms with van der Waals surface area (Å²) in [6.07, 6.45) is 0.296. The maximum atomic E-state index is 11.0. The van der Waals surface area contributed by atoms with E-state index >= 15 is 0 Å². The van der Waals surface area contributed by atoms with E-state index in [4.69, 9.17) is 5.11 Å². The molecule has 0 aromatic heterocycles. The highest BCUT2D eigenvalue weighted by atomic mass is 16.4. The predicted octanol–water partition coefficient (Wildman–Crippen LogP) is -0.0346. The van der Waals surface area contributed by atoms with Gasteiger partial charge in [-0.3, -0.25) is 9.59 Å². The molecule has 0 aliphatic rings. The smallest absolute Gasteiger partial charge is 0.322 e. The third kappa shape index (κ3) is 8.99. The van der Waals surface area contributed by atoms with Gasteiger partial charge in [0.05, 0.1) is 0 Å². The van der Waals surface area contributed by atoms with Gasteiger partial charge in [0.15, 0.2) is 0 Å². The summed E-state index contributed by atoms with van der Waals surface area (Å²) < 4.78 is 0. The molecular formula is C9H18N2O3. The van der Waals surface area contributed by atoms with Gasteiger partial charge in [0.25, 0.3) is 0 Å². The Morgan fingerprint density at radius 3 is 2.29 bits per heavy atom. The molecule has 0 rings (SSSR count). The SMILES string of the molecule is CC(C)(C)NCCC(=O)NCC(=O)O. The van der Waals surface area contributed by atoms with Crippen molar-refractivity contribution in [1.29, 1.82) is 0 Å². The first kappa shape index (κ1) is 12.9. The lowest BCUT2D eigenvalue weighted by Crippen LogP contribution is -2.39. The Morgan fingerprint density at radius 2 is 1.86 bits per heavy atom. The molecule has 0 unspecified atom stereocenters. The number of carboxylic acid groups (broad SMARTS) is 1. The van der Waals surface area contributed by atoms with E-state index in [-0.39, 0.29) is 18.0 Å². The highest BCUT2D eigenvalue weighted by Gasteiger charge is 2.09. The van der Waals surface area contributed by atoms with Crippen molar-refractivity contribution in [2.75, 3.05) is 13.1 Å². The van der Waals surface area contributed by atoms with Crippen molar-refractivity contribution < 1.29 is 14.7 Å². The van der Waals surface area contributed by atoms with Crippen LogP contribution >= 0.6 is 0 Å². The van der Waals surface area contributed by atoms with E-state index in [9.17, 15) is 9.59 Å².